The first-order chi connectivity index (χ1) is 5.47. The largest absolute Gasteiger partial charge is 0.493 e. The first kappa shape index (κ1) is 7.13. The Kier molecular flexibility index (Phi) is 2.10. The molecule has 2 rings (SSSR count). The van der Waals surface area contributed by atoms with Gasteiger partial charge in [-0.3, -0.25) is 0 Å². The average molecular weight is 150 g/mol. The zero-order valence-corrected chi connectivity index (χ0v) is 6.45. The van der Waals surface area contributed by atoms with Crippen LogP contribution in [-0.4, -0.2) is 20.3 Å². The Balaban J connectivity index is 1.97. The van der Waals surface area contributed by atoms with Crippen molar-refractivity contribution in [2.75, 3.05) is 13.2 Å². The Labute approximate surface area is 67.0 Å². The quantitative estimate of drug-likeness (QED) is 0.525. The van der Waals surface area contributed by atoms with E-state index >= 15 is 0 Å². The highest BCUT2D eigenvalue weighted by Crippen LogP contribution is 2.16. The summed E-state index contributed by atoms with van der Waals surface area (Å²) in [5.41, 5.74) is 1.18. The van der Waals surface area contributed by atoms with Crippen LogP contribution < -0.4 is 0 Å². The summed E-state index contributed by atoms with van der Waals surface area (Å²) >= 11 is 0. The van der Waals surface area contributed by atoms with Gasteiger partial charge < -0.3 is 9.31 Å². The van der Waals surface area contributed by atoms with Crippen LogP contribution in [0.5, 0.6) is 0 Å². The first-order valence-corrected chi connectivity index (χ1v) is 4.06. The van der Waals surface area contributed by atoms with Crippen molar-refractivity contribution in [1.29, 1.82) is 0 Å². The minimum atomic E-state index is -0.0810. The van der Waals surface area contributed by atoms with Gasteiger partial charge in [-0.25, -0.2) is 0 Å². The third-order valence-electron chi connectivity index (χ3n) is 1.90. The summed E-state index contributed by atoms with van der Waals surface area (Å²) in [7, 11) is -0.0810. The maximum atomic E-state index is 5.42. The third kappa shape index (κ3) is 1.55. The highest BCUT2D eigenvalue weighted by Gasteiger charge is 2.25. The molecule has 0 unspecified atom stereocenters. The minimum absolute atomic E-state index is 0.0810. The van der Waals surface area contributed by atoms with Crippen molar-refractivity contribution in [3.8, 4) is 0 Å². The van der Waals surface area contributed by atoms with Gasteiger partial charge in [0.25, 0.3) is 0 Å². The molecule has 0 aromatic heterocycles. The summed E-state index contributed by atoms with van der Waals surface area (Å²) in [5.74, 6) is 0. The molecule has 2 nitrogen and oxygen atoms in total. The van der Waals surface area contributed by atoms with Gasteiger partial charge in [0.2, 0.25) is 0 Å². The van der Waals surface area contributed by atoms with Gasteiger partial charge in [0, 0.05) is 13.2 Å². The molecule has 0 saturated carbocycles. The zero-order valence-electron chi connectivity index (χ0n) is 6.45. The molecule has 0 bridgehead atoms. The fourth-order valence-electron chi connectivity index (χ4n) is 1.33. The summed E-state index contributed by atoms with van der Waals surface area (Å²) in [6.45, 7) is 1.66. The second-order valence-electron chi connectivity index (χ2n) is 2.77. The van der Waals surface area contributed by atoms with Crippen LogP contribution in [0.25, 0.3) is 0 Å². The van der Waals surface area contributed by atoms with Crippen molar-refractivity contribution < 1.29 is 9.31 Å². The van der Waals surface area contributed by atoms with E-state index in [4.69, 9.17) is 9.31 Å². The molecule has 0 aromatic rings. The molecule has 0 aromatic carbocycles. The topological polar surface area (TPSA) is 18.5 Å². The molecule has 1 heterocycles. The third-order valence-corrected chi connectivity index (χ3v) is 1.90. The molecule has 1 fully saturated rings. The molecule has 0 N–H and O–H groups in total. The molecular weight excluding hydrogens is 139 g/mol. The fraction of sp³-hybridized carbons (Fsp3) is 0.500. The first-order valence-electron chi connectivity index (χ1n) is 4.06. The van der Waals surface area contributed by atoms with Crippen LogP contribution in [0.3, 0.4) is 0 Å². The van der Waals surface area contributed by atoms with Crippen LogP contribution in [0.1, 0.15) is 12.8 Å². The Morgan fingerprint density at radius 2 is 2.09 bits per heavy atom. The van der Waals surface area contributed by atoms with E-state index in [2.05, 4.69) is 18.2 Å². The van der Waals surface area contributed by atoms with E-state index in [1.165, 1.54) is 5.47 Å². The summed E-state index contributed by atoms with van der Waals surface area (Å²) in [6, 6.07) is 0. The summed E-state index contributed by atoms with van der Waals surface area (Å²) in [4.78, 5) is 0. The lowest BCUT2D eigenvalue weighted by Crippen LogP contribution is -2.30. The lowest BCUT2D eigenvalue weighted by Gasteiger charge is -2.19. The molecule has 1 aliphatic heterocycles. The molecule has 2 aliphatic rings. The second-order valence-corrected chi connectivity index (χ2v) is 2.77. The summed E-state index contributed by atoms with van der Waals surface area (Å²) in [6.07, 6.45) is 8.40. The van der Waals surface area contributed by atoms with Crippen molar-refractivity contribution in [3.63, 3.8) is 0 Å². The van der Waals surface area contributed by atoms with Gasteiger partial charge in [0.05, 0.1) is 0 Å². The predicted octanol–water partition coefficient (Wildman–Crippen LogP) is 1.34. The smallest absolute Gasteiger partial charge is 0.407 e. The highest BCUT2D eigenvalue weighted by molar-refractivity contribution is 6.55. The molecule has 3 heteroatoms. The van der Waals surface area contributed by atoms with Crippen molar-refractivity contribution in [3.05, 3.63) is 23.7 Å². The zero-order chi connectivity index (χ0) is 7.52. The van der Waals surface area contributed by atoms with Gasteiger partial charge in [-0.2, -0.15) is 0 Å². The van der Waals surface area contributed by atoms with Crippen LogP contribution >= 0.6 is 0 Å². The lowest BCUT2D eigenvalue weighted by atomic mass is 9.78. The van der Waals surface area contributed by atoms with Crippen molar-refractivity contribution in [1.82, 2.24) is 0 Å². The van der Waals surface area contributed by atoms with Gasteiger partial charge in [0.1, 0.15) is 0 Å². The van der Waals surface area contributed by atoms with Gasteiger partial charge in [-0.15, -0.1) is 0 Å². The van der Waals surface area contributed by atoms with Gasteiger partial charge in [0.15, 0.2) is 0 Å². The number of hydrogen-bond acceptors (Lipinski definition) is 2. The summed E-state index contributed by atoms with van der Waals surface area (Å²) < 4.78 is 10.8. The average Bonchev–Trinajstić information content (AvgIpc) is 2.58. The molecule has 58 valence electrons. The minimum Gasteiger partial charge on any atom is -0.407 e. The van der Waals surface area contributed by atoms with E-state index < -0.39 is 0 Å². The van der Waals surface area contributed by atoms with Crippen LogP contribution in [0, 0.1) is 0 Å². The standard InChI is InChI=1S/C8H11BO2/c1-2-5-8(4-1)9-10-6-3-7-11-9/h1,4-5H,2-3,6-7H2. The van der Waals surface area contributed by atoms with Crippen molar-refractivity contribution >= 4 is 7.12 Å². The van der Waals surface area contributed by atoms with E-state index in [0.29, 0.717) is 0 Å². The van der Waals surface area contributed by atoms with Crippen LogP contribution in [0.2, 0.25) is 0 Å². The molecule has 0 radical (unpaired) electrons. The number of allylic oxidation sites excluding steroid dienone is 4. The monoisotopic (exact) mass is 150 g/mol. The van der Waals surface area contributed by atoms with Crippen molar-refractivity contribution in [2.24, 2.45) is 0 Å². The van der Waals surface area contributed by atoms with Gasteiger partial charge in [-0.1, -0.05) is 18.2 Å². The molecular formula is C8H11BO2. The Morgan fingerprint density at radius 3 is 2.73 bits per heavy atom. The second kappa shape index (κ2) is 3.24. The normalized spacial score (nSPS) is 24.0. The maximum absolute atomic E-state index is 5.42. The summed E-state index contributed by atoms with van der Waals surface area (Å²) in [5, 5.41) is 0. The number of hydrogen-bond donors (Lipinski definition) is 0. The Bertz CT molecular complexity index is 192. The maximum Gasteiger partial charge on any atom is 0.493 e. The van der Waals surface area contributed by atoms with Crippen LogP contribution in [0.15, 0.2) is 23.7 Å². The lowest BCUT2D eigenvalue weighted by molar-refractivity contribution is 0.141. The van der Waals surface area contributed by atoms with E-state index in [0.717, 1.165) is 26.1 Å². The van der Waals surface area contributed by atoms with E-state index in [9.17, 15) is 0 Å². The number of rotatable bonds is 1. The molecule has 1 aliphatic carbocycles. The molecule has 0 amide bonds. The van der Waals surface area contributed by atoms with E-state index in [1.54, 1.807) is 0 Å². The van der Waals surface area contributed by atoms with E-state index in [1.807, 2.05) is 0 Å². The molecule has 11 heavy (non-hydrogen) atoms. The molecule has 0 spiro atoms. The van der Waals surface area contributed by atoms with Crippen LogP contribution in [-0.2, 0) is 9.31 Å². The van der Waals surface area contributed by atoms with Crippen molar-refractivity contribution in [2.45, 2.75) is 12.8 Å². The Morgan fingerprint density at radius 1 is 1.27 bits per heavy atom. The van der Waals surface area contributed by atoms with Gasteiger partial charge >= 0.3 is 7.12 Å². The fourth-order valence-corrected chi connectivity index (χ4v) is 1.33. The Hall–Kier alpha value is -0.535. The van der Waals surface area contributed by atoms with E-state index in [-0.39, 0.29) is 7.12 Å². The molecule has 1 saturated heterocycles. The van der Waals surface area contributed by atoms with Gasteiger partial charge in [-0.05, 0) is 18.3 Å². The molecule has 0 atom stereocenters. The highest BCUT2D eigenvalue weighted by atomic mass is 16.6. The van der Waals surface area contributed by atoms with Crippen LogP contribution in [0.4, 0.5) is 0 Å². The predicted molar refractivity (Wildman–Crippen MR) is 44.1 cm³/mol. The SMILES string of the molecule is C1=CC(B2OCCCO2)=CC1.